The molecular weight excluding hydrogens is 336 g/mol. The van der Waals surface area contributed by atoms with Gasteiger partial charge in [0.1, 0.15) is 5.44 Å². The van der Waals surface area contributed by atoms with Crippen molar-refractivity contribution < 1.29 is 33.3 Å². The summed E-state index contributed by atoms with van der Waals surface area (Å²) < 4.78 is 21.5. The summed E-state index contributed by atoms with van der Waals surface area (Å²) in [5, 5.41) is 0. The molecule has 0 amide bonds. The van der Waals surface area contributed by atoms with Gasteiger partial charge in [-0.2, -0.15) is 0 Å². The fraction of sp³-hybridized carbons (Fsp3) is 0.438. The van der Waals surface area contributed by atoms with Gasteiger partial charge in [-0.3, -0.25) is 9.59 Å². The van der Waals surface area contributed by atoms with Crippen molar-refractivity contribution in [1.29, 1.82) is 0 Å². The lowest BCUT2D eigenvalue weighted by Gasteiger charge is -2.36. The Morgan fingerprint density at radius 3 is 2.29 bits per heavy atom. The Labute approximate surface area is 142 Å². The van der Waals surface area contributed by atoms with Crippen molar-refractivity contribution in [1.82, 2.24) is 0 Å². The number of fused-ring (bicyclic) bond motifs is 2. The molecule has 7 nitrogen and oxygen atoms in total. The lowest BCUT2D eigenvalue weighted by Crippen LogP contribution is -2.55. The average Bonchev–Trinajstić information content (AvgIpc) is 2.73. The molecule has 5 atom stereocenters. The van der Waals surface area contributed by atoms with Crippen LogP contribution in [0.3, 0.4) is 0 Å². The van der Waals surface area contributed by atoms with E-state index in [0.29, 0.717) is 0 Å². The van der Waals surface area contributed by atoms with Crippen molar-refractivity contribution in [2.24, 2.45) is 0 Å². The van der Waals surface area contributed by atoms with Crippen LogP contribution >= 0.6 is 11.8 Å². The van der Waals surface area contributed by atoms with Gasteiger partial charge < -0.3 is 18.9 Å². The highest BCUT2D eigenvalue weighted by Crippen LogP contribution is 2.40. The highest BCUT2D eigenvalue weighted by Gasteiger charge is 2.60. The summed E-state index contributed by atoms with van der Waals surface area (Å²) in [4.78, 5) is 35.6. The number of benzene rings is 1. The summed E-state index contributed by atoms with van der Waals surface area (Å²) in [6, 6.07) is 9.36. The van der Waals surface area contributed by atoms with E-state index in [1.54, 1.807) is 0 Å². The molecule has 24 heavy (non-hydrogen) atoms. The molecule has 3 unspecified atom stereocenters. The zero-order chi connectivity index (χ0) is 17.3. The second-order valence-corrected chi connectivity index (χ2v) is 6.58. The smallest absolute Gasteiger partial charge is 0.339 e. The third kappa shape index (κ3) is 3.39. The molecule has 0 aliphatic carbocycles. The lowest BCUT2D eigenvalue weighted by atomic mass is 10.0. The van der Waals surface area contributed by atoms with Crippen LogP contribution in [0.2, 0.25) is 0 Å². The summed E-state index contributed by atoms with van der Waals surface area (Å²) in [7, 11) is 0. The summed E-state index contributed by atoms with van der Waals surface area (Å²) >= 11 is 1.31. The molecular formula is C16H16O7S. The first-order valence-corrected chi connectivity index (χ1v) is 8.26. The lowest BCUT2D eigenvalue weighted by molar-refractivity contribution is -0.190. The normalized spacial score (nSPS) is 31.2. The largest absolute Gasteiger partial charge is 0.455 e. The zero-order valence-corrected chi connectivity index (χ0v) is 13.9. The Hall–Kier alpha value is -2.06. The van der Waals surface area contributed by atoms with Gasteiger partial charge in [0.15, 0.2) is 24.4 Å². The van der Waals surface area contributed by atoms with Crippen LogP contribution in [0.15, 0.2) is 35.2 Å². The molecule has 128 valence electrons. The van der Waals surface area contributed by atoms with Crippen LogP contribution in [0.1, 0.15) is 13.8 Å². The first-order valence-electron chi connectivity index (χ1n) is 7.38. The Morgan fingerprint density at radius 2 is 1.67 bits per heavy atom. The van der Waals surface area contributed by atoms with Crippen molar-refractivity contribution in [2.45, 2.75) is 48.6 Å². The Morgan fingerprint density at radius 1 is 1.04 bits per heavy atom. The predicted octanol–water partition coefficient (Wildman–Crippen LogP) is 1.29. The Bertz CT molecular complexity index is 647. The molecule has 3 rings (SSSR count). The number of ether oxygens (including phenoxy) is 4. The maximum Gasteiger partial charge on any atom is 0.339 e. The van der Waals surface area contributed by atoms with Crippen LogP contribution in [-0.4, -0.2) is 47.8 Å². The van der Waals surface area contributed by atoms with Crippen LogP contribution in [0, 0.1) is 0 Å². The summed E-state index contributed by atoms with van der Waals surface area (Å²) in [5.41, 5.74) is -0.649. The van der Waals surface area contributed by atoms with Crippen molar-refractivity contribution >= 4 is 29.7 Å². The molecule has 0 radical (unpaired) electrons. The highest BCUT2D eigenvalue weighted by molar-refractivity contribution is 7.99. The average molecular weight is 352 g/mol. The first-order chi connectivity index (χ1) is 11.5. The predicted molar refractivity (Wildman–Crippen MR) is 81.9 cm³/mol. The molecule has 2 aliphatic rings. The number of carbonyl (C=O) groups is 3. The van der Waals surface area contributed by atoms with Crippen LogP contribution in [0.4, 0.5) is 0 Å². The van der Waals surface area contributed by atoms with Gasteiger partial charge in [0.2, 0.25) is 0 Å². The summed E-state index contributed by atoms with van der Waals surface area (Å²) in [6.45, 7) is 2.49. The van der Waals surface area contributed by atoms with E-state index in [2.05, 4.69) is 0 Å². The number of hydrogen-bond donors (Lipinski definition) is 0. The van der Waals surface area contributed by atoms with Crippen LogP contribution in [-0.2, 0) is 33.3 Å². The van der Waals surface area contributed by atoms with Gasteiger partial charge in [-0.15, -0.1) is 0 Å². The SMILES string of the molecule is CC(=O)OC1C2OC(=O)C(O[C@H]1Sc1ccccc1)[C@H]2OC(C)=O. The minimum absolute atomic E-state index is 0.537. The van der Waals surface area contributed by atoms with Gasteiger partial charge in [0, 0.05) is 18.7 Å². The molecule has 1 aromatic carbocycles. The van der Waals surface area contributed by atoms with Crippen LogP contribution < -0.4 is 0 Å². The number of esters is 3. The van der Waals surface area contributed by atoms with Gasteiger partial charge in [0.05, 0.1) is 0 Å². The third-order valence-corrected chi connectivity index (χ3v) is 4.74. The molecule has 0 aromatic heterocycles. The van der Waals surface area contributed by atoms with E-state index in [1.807, 2.05) is 30.3 Å². The minimum atomic E-state index is -1.02. The molecule has 2 aliphatic heterocycles. The fourth-order valence-corrected chi connectivity index (χ4v) is 3.80. The standard InChI is InChI=1S/C16H16O7S/c1-8(17)20-11-12-14(21-9(2)18)16(23-13(11)15(19)22-12)24-10-6-4-3-5-7-10/h3-7,11-14,16H,1-2H3/t11-,12?,13?,14?,16-/m0/s1. The maximum atomic E-state index is 12.0. The van der Waals surface area contributed by atoms with Crippen molar-refractivity contribution in [3.63, 3.8) is 0 Å². The molecule has 0 spiro atoms. The van der Waals surface area contributed by atoms with E-state index in [4.69, 9.17) is 18.9 Å². The van der Waals surface area contributed by atoms with Crippen molar-refractivity contribution in [3.8, 4) is 0 Å². The van der Waals surface area contributed by atoms with Gasteiger partial charge in [0.25, 0.3) is 0 Å². The summed E-state index contributed by atoms with van der Waals surface area (Å²) in [5.74, 6) is -1.72. The fourth-order valence-electron chi connectivity index (χ4n) is 2.70. The van der Waals surface area contributed by atoms with Gasteiger partial charge in [-0.25, -0.2) is 4.79 Å². The van der Waals surface area contributed by atoms with Gasteiger partial charge in [-0.05, 0) is 12.1 Å². The zero-order valence-electron chi connectivity index (χ0n) is 13.0. The summed E-state index contributed by atoms with van der Waals surface area (Å²) in [6.07, 6.45) is -3.70. The molecule has 1 aromatic rings. The van der Waals surface area contributed by atoms with E-state index in [1.165, 1.54) is 25.6 Å². The molecule has 0 N–H and O–H groups in total. The van der Waals surface area contributed by atoms with Crippen molar-refractivity contribution in [3.05, 3.63) is 30.3 Å². The monoisotopic (exact) mass is 352 g/mol. The van der Waals surface area contributed by atoms with Gasteiger partial charge >= 0.3 is 17.9 Å². The second kappa shape index (κ2) is 6.82. The van der Waals surface area contributed by atoms with E-state index >= 15 is 0 Å². The molecule has 0 saturated carbocycles. The van der Waals surface area contributed by atoms with E-state index in [-0.39, 0.29) is 0 Å². The highest BCUT2D eigenvalue weighted by atomic mass is 32.2. The van der Waals surface area contributed by atoms with E-state index in [9.17, 15) is 14.4 Å². The molecule has 2 fully saturated rings. The van der Waals surface area contributed by atoms with Crippen LogP contribution in [0.25, 0.3) is 0 Å². The Kier molecular flexibility index (Phi) is 4.77. The molecule has 2 saturated heterocycles. The molecule has 2 bridgehead atoms. The maximum absolute atomic E-state index is 12.0. The second-order valence-electron chi connectivity index (χ2n) is 5.41. The van der Waals surface area contributed by atoms with Crippen molar-refractivity contribution in [2.75, 3.05) is 0 Å². The number of hydrogen-bond acceptors (Lipinski definition) is 8. The quantitative estimate of drug-likeness (QED) is 0.592. The Balaban J connectivity index is 1.85. The van der Waals surface area contributed by atoms with E-state index in [0.717, 1.165) is 4.90 Å². The third-order valence-electron chi connectivity index (χ3n) is 3.58. The van der Waals surface area contributed by atoms with E-state index < -0.39 is 47.8 Å². The molecule has 8 heteroatoms. The first kappa shape index (κ1) is 16.8. The minimum Gasteiger partial charge on any atom is -0.455 e. The number of rotatable bonds is 4. The van der Waals surface area contributed by atoms with Gasteiger partial charge in [-0.1, -0.05) is 30.0 Å². The topological polar surface area (TPSA) is 88.1 Å². The number of carbonyl (C=O) groups excluding carboxylic acids is 3. The molecule has 2 heterocycles. The van der Waals surface area contributed by atoms with Crippen LogP contribution in [0.5, 0.6) is 0 Å². The number of thioether (sulfide) groups is 1.